The Labute approximate surface area is 132 Å². The Morgan fingerprint density at radius 1 is 0.870 bits per heavy atom. The van der Waals surface area contributed by atoms with Crippen molar-refractivity contribution in [3.63, 3.8) is 0 Å². The largest absolute Gasteiger partial charge is 0.378 e. The standard InChI is InChI=1S/C14H10F4N4S/c15-9-11(10(16)13(18)22-12(9)17)19-5-6-20-14-21-7-3-1-2-4-8(7)23-14/h1-4H,5-6H2,(H,19,22)(H,20,21). The van der Waals surface area contributed by atoms with E-state index in [1.165, 1.54) is 11.3 Å². The molecule has 0 unspecified atom stereocenters. The Morgan fingerprint density at radius 2 is 1.52 bits per heavy atom. The fourth-order valence-corrected chi connectivity index (χ4v) is 2.84. The van der Waals surface area contributed by atoms with Gasteiger partial charge in [0.2, 0.25) is 11.6 Å². The van der Waals surface area contributed by atoms with E-state index in [4.69, 9.17) is 0 Å². The number of fused-ring (bicyclic) bond motifs is 1. The van der Waals surface area contributed by atoms with Crippen LogP contribution in [0.2, 0.25) is 0 Å². The number of benzene rings is 1. The van der Waals surface area contributed by atoms with Crippen LogP contribution in [0.1, 0.15) is 0 Å². The van der Waals surface area contributed by atoms with E-state index in [0.29, 0.717) is 5.13 Å². The van der Waals surface area contributed by atoms with Gasteiger partial charge >= 0.3 is 0 Å². The summed E-state index contributed by atoms with van der Waals surface area (Å²) in [5.41, 5.74) is -0.0376. The van der Waals surface area contributed by atoms with E-state index in [1.54, 1.807) is 0 Å². The van der Waals surface area contributed by atoms with Gasteiger partial charge in [-0.25, -0.2) is 4.98 Å². The molecule has 0 aliphatic carbocycles. The average Bonchev–Trinajstić information content (AvgIpc) is 2.95. The molecule has 3 aromatic rings. The summed E-state index contributed by atoms with van der Waals surface area (Å²) in [6, 6.07) is 7.54. The lowest BCUT2D eigenvalue weighted by molar-refractivity contribution is 0.411. The number of hydrogen-bond acceptors (Lipinski definition) is 5. The summed E-state index contributed by atoms with van der Waals surface area (Å²) >= 11 is 1.43. The maximum absolute atomic E-state index is 13.4. The second-order valence-corrected chi connectivity index (χ2v) is 5.57. The number of thiazole rings is 1. The summed E-state index contributed by atoms with van der Waals surface area (Å²) in [6.07, 6.45) is 0. The number of pyridine rings is 1. The molecule has 0 bridgehead atoms. The first kappa shape index (κ1) is 15.5. The van der Waals surface area contributed by atoms with Crippen molar-refractivity contribution in [3.8, 4) is 0 Å². The van der Waals surface area contributed by atoms with E-state index in [-0.39, 0.29) is 13.1 Å². The van der Waals surface area contributed by atoms with Crippen LogP contribution in [0.4, 0.5) is 28.4 Å². The molecule has 3 rings (SSSR count). The number of nitrogens with zero attached hydrogens (tertiary/aromatic N) is 2. The molecule has 9 heteroatoms. The van der Waals surface area contributed by atoms with Gasteiger partial charge in [-0.15, -0.1) is 0 Å². The van der Waals surface area contributed by atoms with E-state index < -0.39 is 29.2 Å². The lowest BCUT2D eigenvalue weighted by Crippen LogP contribution is -2.16. The number of anilines is 2. The van der Waals surface area contributed by atoms with Crippen LogP contribution >= 0.6 is 11.3 Å². The van der Waals surface area contributed by atoms with Crippen LogP contribution in [0.25, 0.3) is 10.2 Å². The van der Waals surface area contributed by atoms with Crippen LogP contribution in [-0.2, 0) is 0 Å². The topological polar surface area (TPSA) is 49.8 Å². The third-order valence-corrected chi connectivity index (χ3v) is 3.99. The zero-order valence-corrected chi connectivity index (χ0v) is 12.4. The number of para-hydroxylation sites is 1. The highest BCUT2D eigenvalue weighted by molar-refractivity contribution is 7.22. The Morgan fingerprint density at radius 3 is 2.22 bits per heavy atom. The summed E-state index contributed by atoms with van der Waals surface area (Å²) < 4.78 is 53.7. The molecule has 4 nitrogen and oxygen atoms in total. The van der Waals surface area contributed by atoms with Gasteiger partial charge in [-0.2, -0.15) is 22.5 Å². The first-order valence-corrected chi connectivity index (χ1v) is 7.41. The number of rotatable bonds is 5. The van der Waals surface area contributed by atoms with Crippen molar-refractivity contribution in [1.82, 2.24) is 9.97 Å². The molecule has 0 aliphatic heterocycles. The normalized spacial score (nSPS) is 11.0. The minimum atomic E-state index is -1.69. The van der Waals surface area contributed by atoms with Gasteiger partial charge in [0.1, 0.15) is 5.69 Å². The zero-order valence-electron chi connectivity index (χ0n) is 11.5. The Bertz CT molecular complexity index is 793. The van der Waals surface area contributed by atoms with Gasteiger partial charge < -0.3 is 10.6 Å². The maximum Gasteiger partial charge on any atom is 0.253 e. The second-order valence-electron chi connectivity index (χ2n) is 4.54. The molecule has 2 heterocycles. The summed E-state index contributed by atoms with van der Waals surface area (Å²) in [5.74, 6) is -6.48. The molecule has 0 aliphatic rings. The van der Waals surface area contributed by atoms with Crippen LogP contribution in [0.3, 0.4) is 0 Å². The molecule has 0 saturated heterocycles. The average molecular weight is 342 g/mol. The van der Waals surface area contributed by atoms with E-state index in [0.717, 1.165) is 10.2 Å². The van der Waals surface area contributed by atoms with Crippen molar-refractivity contribution in [1.29, 1.82) is 0 Å². The molecule has 2 aromatic heterocycles. The van der Waals surface area contributed by atoms with Crippen LogP contribution in [-0.4, -0.2) is 23.1 Å². The van der Waals surface area contributed by atoms with Crippen molar-refractivity contribution in [2.24, 2.45) is 0 Å². The summed E-state index contributed by atoms with van der Waals surface area (Å²) in [6.45, 7) is 0.289. The summed E-state index contributed by atoms with van der Waals surface area (Å²) in [4.78, 5) is 6.81. The molecule has 0 fully saturated rings. The molecule has 0 atom stereocenters. The molecular weight excluding hydrogens is 332 g/mol. The van der Waals surface area contributed by atoms with Gasteiger partial charge in [0, 0.05) is 13.1 Å². The molecular formula is C14H10F4N4S. The van der Waals surface area contributed by atoms with Crippen LogP contribution < -0.4 is 10.6 Å². The molecule has 0 radical (unpaired) electrons. The van der Waals surface area contributed by atoms with Gasteiger partial charge in [0.25, 0.3) is 11.9 Å². The van der Waals surface area contributed by atoms with Crippen LogP contribution in [0, 0.1) is 23.5 Å². The molecule has 23 heavy (non-hydrogen) atoms. The SMILES string of the molecule is Fc1nc(F)c(F)c(NCCNc2nc3ccccc3s2)c1F. The lowest BCUT2D eigenvalue weighted by Gasteiger charge is -2.09. The summed E-state index contributed by atoms with van der Waals surface area (Å²) in [7, 11) is 0. The monoisotopic (exact) mass is 342 g/mol. The Balaban J connectivity index is 1.62. The van der Waals surface area contributed by atoms with Crippen molar-refractivity contribution in [2.45, 2.75) is 0 Å². The first-order valence-electron chi connectivity index (χ1n) is 6.59. The van der Waals surface area contributed by atoms with E-state index >= 15 is 0 Å². The van der Waals surface area contributed by atoms with Crippen molar-refractivity contribution in [2.75, 3.05) is 23.7 Å². The first-order chi connectivity index (χ1) is 11.1. The van der Waals surface area contributed by atoms with Gasteiger partial charge in [0.15, 0.2) is 5.13 Å². The highest BCUT2D eigenvalue weighted by atomic mass is 32.1. The fourth-order valence-electron chi connectivity index (χ4n) is 1.95. The van der Waals surface area contributed by atoms with Gasteiger partial charge in [0.05, 0.1) is 10.2 Å². The quantitative estimate of drug-likeness (QED) is 0.421. The van der Waals surface area contributed by atoms with Crippen LogP contribution in [0.15, 0.2) is 24.3 Å². The second kappa shape index (κ2) is 6.37. The Kier molecular flexibility index (Phi) is 4.28. The number of hydrogen-bond donors (Lipinski definition) is 2. The van der Waals surface area contributed by atoms with Gasteiger partial charge in [-0.05, 0) is 12.1 Å². The lowest BCUT2D eigenvalue weighted by atomic mass is 10.3. The maximum atomic E-state index is 13.4. The number of halogens is 4. The van der Waals surface area contributed by atoms with Gasteiger partial charge in [-0.1, -0.05) is 23.5 Å². The summed E-state index contributed by atoms with van der Waals surface area (Å²) in [5, 5.41) is 5.92. The zero-order chi connectivity index (χ0) is 16.4. The molecule has 0 amide bonds. The van der Waals surface area contributed by atoms with Crippen molar-refractivity contribution < 1.29 is 17.6 Å². The molecule has 120 valence electrons. The highest BCUT2D eigenvalue weighted by Gasteiger charge is 2.20. The van der Waals surface area contributed by atoms with Gasteiger partial charge in [-0.3, -0.25) is 0 Å². The minimum Gasteiger partial charge on any atom is -0.378 e. The smallest absolute Gasteiger partial charge is 0.253 e. The predicted octanol–water partition coefficient (Wildman–Crippen LogP) is 3.77. The number of aromatic nitrogens is 2. The van der Waals surface area contributed by atoms with Crippen molar-refractivity contribution in [3.05, 3.63) is 47.8 Å². The third kappa shape index (κ3) is 3.19. The molecule has 0 spiro atoms. The fraction of sp³-hybridized carbons (Fsp3) is 0.143. The van der Waals surface area contributed by atoms with Crippen molar-refractivity contribution >= 4 is 32.4 Å². The highest BCUT2D eigenvalue weighted by Crippen LogP contribution is 2.25. The Hall–Kier alpha value is -2.42. The van der Waals surface area contributed by atoms with Crippen LogP contribution in [0.5, 0.6) is 0 Å². The molecule has 0 saturated carbocycles. The third-order valence-electron chi connectivity index (χ3n) is 2.99. The molecule has 1 aromatic carbocycles. The van der Waals surface area contributed by atoms with E-state index in [1.807, 2.05) is 24.3 Å². The van der Waals surface area contributed by atoms with E-state index in [2.05, 4.69) is 20.6 Å². The van der Waals surface area contributed by atoms with E-state index in [9.17, 15) is 17.6 Å². The number of nitrogens with one attached hydrogen (secondary N) is 2. The predicted molar refractivity (Wildman–Crippen MR) is 80.7 cm³/mol. The molecule has 2 N–H and O–H groups in total. The minimum absolute atomic E-state index is 0.0344.